The van der Waals surface area contributed by atoms with Gasteiger partial charge in [-0.05, 0) is 12.8 Å². The van der Waals surface area contributed by atoms with E-state index in [1.165, 1.54) is 0 Å². The Morgan fingerprint density at radius 1 is 1.10 bits per heavy atom. The van der Waals surface area contributed by atoms with Crippen molar-refractivity contribution in [1.29, 1.82) is 0 Å². The molecule has 4 heteroatoms. The molecule has 1 aliphatic rings. The van der Waals surface area contributed by atoms with E-state index in [1.54, 1.807) is 0 Å². The molecule has 0 aromatic heterocycles. The minimum absolute atomic E-state index is 0.645. The van der Waals surface area contributed by atoms with Crippen molar-refractivity contribution in [3.63, 3.8) is 0 Å². The van der Waals surface area contributed by atoms with Gasteiger partial charge in [-0.15, -0.1) is 0 Å². The molecule has 0 aromatic rings. The van der Waals surface area contributed by atoms with Crippen molar-refractivity contribution in [3.05, 3.63) is 0 Å². The Morgan fingerprint density at radius 3 is 1.90 bits per heavy atom. The van der Waals surface area contributed by atoms with Crippen LogP contribution in [0.1, 0.15) is 32.1 Å². The summed E-state index contributed by atoms with van der Waals surface area (Å²) in [5.74, 6) is 0. The van der Waals surface area contributed by atoms with Gasteiger partial charge in [-0.2, -0.15) is 0 Å². The summed E-state index contributed by atoms with van der Waals surface area (Å²) in [6, 6.07) is 0. The molecular weight excluding hydrogens is 150 g/mol. The zero-order valence-electron chi connectivity index (χ0n) is 5.88. The second-order valence-corrected chi connectivity index (χ2v) is 4.33. The highest BCUT2D eigenvalue weighted by Gasteiger charge is 2.30. The van der Waals surface area contributed by atoms with Gasteiger partial charge in [0.15, 0.2) is 10.7 Å². The third-order valence-electron chi connectivity index (χ3n) is 2.08. The predicted octanol–water partition coefficient (Wildman–Crippen LogP) is 0.217. The minimum Gasteiger partial charge on any atom is -0.313 e. The average Bonchev–Trinajstić information content (AvgIpc) is 1.89. The van der Waals surface area contributed by atoms with E-state index < -0.39 is 15.6 Å². The summed E-state index contributed by atoms with van der Waals surface area (Å²) < 4.78 is 21.2. The Hall–Kier alpha value is -0.0900. The van der Waals surface area contributed by atoms with Gasteiger partial charge in [0.2, 0.25) is 0 Å². The zero-order chi connectivity index (χ0) is 7.61. The standard InChI is InChI=1S/C6H13NO2S/c7-6(10(8)9)4-2-1-3-5-6/h10H,1-5,7H2. The van der Waals surface area contributed by atoms with E-state index in [0.29, 0.717) is 12.8 Å². The number of hydrogen-bond donors (Lipinski definition) is 2. The lowest BCUT2D eigenvalue weighted by atomic mass is 9.96. The van der Waals surface area contributed by atoms with Gasteiger partial charge in [0.05, 0.1) is 0 Å². The molecule has 1 rings (SSSR count). The summed E-state index contributed by atoms with van der Waals surface area (Å²) in [4.78, 5) is -0.867. The fraction of sp³-hybridized carbons (Fsp3) is 1.00. The van der Waals surface area contributed by atoms with E-state index >= 15 is 0 Å². The molecule has 1 fully saturated rings. The molecule has 0 saturated heterocycles. The summed E-state index contributed by atoms with van der Waals surface area (Å²) in [6.07, 6.45) is 4.33. The minimum atomic E-state index is -2.42. The van der Waals surface area contributed by atoms with E-state index in [1.807, 2.05) is 0 Å². The first-order chi connectivity index (χ1) is 4.65. The zero-order valence-corrected chi connectivity index (χ0v) is 6.77. The second-order valence-electron chi connectivity index (χ2n) is 2.92. The highest BCUT2D eigenvalue weighted by atomic mass is 32.2. The topological polar surface area (TPSA) is 60.2 Å². The van der Waals surface area contributed by atoms with Crippen molar-refractivity contribution in [2.45, 2.75) is 37.0 Å². The van der Waals surface area contributed by atoms with Crippen molar-refractivity contribution >= 4 is 10.7 Å². The largest absolute Gasteiger partial charge is 0.313 e. The summed E-state index contributed by atoms with van der Waals surface area (Å²) in [5, 5.41) is 0. The third kappa shape index (κ3) is 1.49. The molecule has 0 aliphatic heterocycles. The third-order valence-corrected chi connectivity index (χ3v) is 3.26. The maximum absolute atomic E-state index is 10.6. The Bertz CT molecular complexity index is 174. The van der Waals surface area contributed by atoms with Crippen molar-refractivity contribution in [2.24, 2.45) is 5.73 Å². The fourth-order valence-electron chi connectivity index (χ4n) is 1.35. The van der Waals surface area contributed by atoms with E-state index in [-0.39, 0.29) is 0 Å². The van der Waals surface area contributed by atoms with Crippen LogP contribution in [0.2, 0.25) is 0 Å². The lowest BCUT2D eigenvalue weighted by molar-refractivity contribution is 0.388. The molecule has 0 heterocycles. The van der Waals surface area contributed by atoms with Gasteiger partial charge in [-0.25, -0.2) is 8.42 Å². The van der Waals surface area contributed by atoms with Crippen LogP contribution in [0.5, 0.6) is 0 Å². The number of thiol groups is 1. The van der Waals surface area contributed by atoms with Gasteiger partial charge in [-0.1, -0.05) is 19.3 Å². The van der Waals surface area contributed by atoms with Gasteiger partial charge >= 0.3 is 0 Å². The van der Waals surface area contributed by atoms with Gasteiger partial charge in [0.25, 0.3) is 0 Å². The monoisotopic (exact) mass is 163 g/mol. The molecule has 0 bridgehead atoms. The molecule has 0 amide bonds. The van der Waals surface area contributed by atoms with E-state index in [0.717, 1.165) is 19.3 Å². The molecule has 1 aliphatic carbocycles. The first-order valence-electron chi connectivity index (χ1n) is 3.58. The normalized spacial score (nSPS) is 25.0. The predicted molar refractivity (Wildman–Crippen MR) is 40.3 cm³/mol. The fourth-order valence-corrected chi connectivity index (χ4v) is 2.03. The van der Waals surface area contributed by atoms with Crippen molar-refractivity contribution in [2.75, 3.05) is 0 Å². The van der Waals surface area contributed by atoms with Crippen LogP contribution in [0, 0.1) is 0 Å². The summed E-state index contributed by atoms with van der Waals surface area (Å²) >= 11 is 0. The van der Waals surface area contributed by atoms with Crippen LogP contribution in [0.25, 0.3) is 0 Å². The molecule has 3 nitrogen and oxygen atoms in total. The van der Waals surface area contributed by atoms with Gasteiger partial charge in [0.1, 0.15) is 4.87 Å². The van der Waals surface area contributed by atoms with Gasteiger partial charge < -0.3 is 5.73 Å². The molecule has 0 unspecified atom stereocenters. The first-order valence-corrected chi connectivity index (χ1v) is 4.76. The maximum atomic E-state index is 10.6. The van der Waals surface area contributed by atoms with Crippen LogP contribution in [0.3, 0.4) is 0 Å². The molecule has 0 spiro atoms. The molecule has 2 N–H and O–H groups in total. The SMILES string of the molecule is NC1([SH](=O)=O)CCCCC1. The molecule has 0 atom stereocenters. The Balaban J connectivity index is 2.65. The molecular formula is C6H13NO2S. The van der Waals surface area contributed by atoms with Crippen LogP contribution in [0.4, 0.5) is 0 Å². The van der Waals surface area contributed by atoms with E-state index in [9.17, 15) is 8.42 Å². The second kappa shape index (κ2) is 2.88. The quantitative estimate of drug-likeness (QED) is 0.543. The lowest BCUT2D eigenvalue weighted by Gasteiger charge is -2.26. The number of hydrogen-bond acceptors (Lipinski definition) is 3. The summed E-state index contributed by atoms with van der Waals surface area (Å²) in [6.45, 7) is 0. The Kier molecular flexibility index (Phi) is 2.31. The number of nitrogens with two attached hydrogens (primary N) is 1. The van der Waals surface area contributed by atoms with E-state index in [4.69, 9.17) is 5.73 Å². The molecule has 60 valence electrons. The van der Waals surface area contributed by atoms with Crippen LogP contribution in [-0.4, -0.2) is 13.3 Å². The van der Waals surface area contributed by atoms with Gasteiger partial charge in [0, 0.05) is 0 Å². The Labute approximate surface area is 62.6 Å². The Morgan fingerprint density at radius 2 is 1.60 bits per heavy atom. The van der Waals surface area contributed by atoms with Crippen molar-refractivity contribution in [3.8, 4) is 0 Å². The van der Waals surface area contributed by atoms with E-state index in [2.05, 4.69) is 0 Å². The summed E-state index contributed by atoms with van der Waals surface area (Å²) in [7, 11) is -2.42. The highest BCUT2D eigenvalue weighted by molar-refractivity contribution is 7.74. The van der Waals surface area contributed by atoms with Gasteiger partial charge in [-0.3, -0.25) is 0 Å². The lowest BCUT2D eigenvalue weighted by Crippen LogP contribution is -2.42. The summed E-state index contributed by atoms with van der Waals surface area (Å²) in [5.41, 5.74) is 5.61. The van der Waals surface area contributed by atoms with Crippen LogP contribution < -0.4 is 5.73 Å². The highest BCUT2D eigenvalue weighted by Crippen LogP contribution is 2.25. The molecule has 0 aromatic carbocycles. The smallest absolute Gasteiger partial charge is 0.158 e. The average molecular weight is 163 g/mol. The first kappa shape index (κ1) is 8.01. The van der Waals surface area contributed by atoms with Crippen LogP contribution >= 0.6 is 0 Å². The molecule has 0 radical (unpaired) electrons. The molecule has 1 saturated carbocycles. The van der Waals surface area contributed by atoms with Crippen molar-refractivity contribution < 1.29 is 8.42 Å². The molecule has 10 heavy (non-hydrogen) atoms. The van der Waals surface area contributed by atoms with Crippen LogP contribution in [-0.2, 0) is 10.7 Å². The van der Waals surface area contributed by atoms with Crippen LogP contribution in [0.15, 0.2) is 0 Å². The van der Waals surface area contributed by atoms with Crippen molar-refractivity contribution in [1.82, 2.24) is 0 Å². The maximum Gasteiger partial charge on any atom is 0.158 e. The number of rotatable bonds is 1.